The zero-order valence-electron chi connectivity index (χ0n) is 14.9. The number of non-ortho nitro benzene ring substituents is 1. The van der Waals surface area contributed by atoms with Gasteiger partial charge in [0.2, 0.25) is 5.12 Å². The molecule has 0 N–H and O–H groups in total. The first-order valence-corrected chi connectivity index (χ1v) is 9.65. The Balaban J connectivity index is 1.89. The standard InChI is InChI=1S/C16H10N4O8S2/c1-8(15(21)30-16-17-10-4-2-3-5-13(10)29-16)28-14-11(19(24)25)6-9(18(22)23)7-12(14)20(26)27/h2-8H,1H3. The van der Waals surface area contributed by atoms with Crippen LogP contribution in [0.4, 0.5) is 17.1 Å². The van der Waals surface area contributed by atoms with Crippen LogP contribution in [0.3, 0.4) is 0 Å². The van der Waals surface area contributed by atoms with E-state index in [0.717, 1.165) is 16.5 Å². The van der Waals surface area contributed by atoms with Crippen LogP contribution in [0.25, 0.3) is 10.2 Å². The summed E-state index contributed by atoms with van der Waals surface area (Å²) in [7, 11) is 0. The van der Waals surface area contributed by atoms with Crippen LogP contribution in [0.5, 0.6) is 5.75 Å². The first kappa shape index (κ1) is 21.1. The van der Waals surface area contributed by atoms with Crippen LogP contribution in [0.2, 0.25) is 0 Å². The van der Waals surface area contributed by atoms with Crippen LogP contribution < -0.4 is 4.74 Å². The lowest BCUT2D eigenvalue weighted by Gasteiger charge is -2.12. The number of hydrogen-bond donors (Lipinski definition) is 0. The van der Waals surface area contributed by atoms with Crippen LogP contribution in [0.15, 0.2) is 40.7 Å². The highest BCUT2D eigenvalue weighted by Gasteiger charge is 2.34. The summed E-state index contributed by atoms with van der Waals surface area (Å²) < 4.78 is 6.50. The monoisotopic (exact) mass is 450 g/mol. The Morgan fingerprint density at radius 1 is 1.07 bits per heavy atom. The van der Waals surface area contributed by atoms with Crippen molar-refractivity contribution in [2.75, 3.05) is 0 Å². The largest absolute Gasteiger partial charge is 0.470 e. The number of para-hydroxylation sites is 1. The molecule has 0 spiro atoms. The van der Waals surface area contributed by atoms with Gasteiger partial charge in [-0.2, -0.15) is 0 Å². The molecular formula is C16H10N4O8S2. The first-order chi connectivity index (χ1) is 14.2. The Kier molecular flexibility index (Phi) is 5.89. The van der Waals surface area contributed by atoms with Crippen LogP contribution in [0.1, 0.15) is 6.92 Å². The number of nitrogens with zero attached hydrogens (tertiary/aromatic N) is 4. The lowest BCUT2D eigenvalue weighted by Crippen LogP contribution is -2.22. The maximum Gasteiger partial charge on any atom is 0.325 e. The Morgan fingerprint density at radius 3 is 2.20 bits per heavy atom. The second kappa shape index (κ2) is 8.38. The predicted molar refractivity (Wildman–Crippen MR) is 107 cm³/mol. The molecule has 14 heteroatoms. The van der Waals surface area contributed by atoms with Crippen molar-refractivity contribution < 1.29 is 24.3 Å². The number of thioether (sulfide) groups is 1. The fraction of sp³-hybridized carbons (Fsp3) is 0.125. The summed E-state index contributed by atoms with van der Waals surface area (Å²) in [6.45, 7) is 1.26. The molecule has 0 radical (unpaired) electrons. The van der Waals surface area contributed by atoms with E-state index in [0.29, 0.717) is 22.0 Å². The van der Waals surface area contributed by atoms with Gasteiger partial charge in [-0.25, -0.2) is 4.98 Å². The highest BCUT2D eigenvalue weighted by Crippen LogP contribution is 2.41. The Bertz CT molecular complexity index is 1130. The van der Waals surface area contributed by atoms with E-state index >= 15 is 0 Å². The zero-order chi connectivity index (χ0) is 22.0. The van der Waals surface area contributed by atoms with Gasteiger partial charge in [-0.15, -0.1) is 11.3 Å². The number of aromatic nitrogens is 1. The number of carbonyl (C=O) groups is 1. The highest BCUT2D eigenvalue weighted by molar-refractivity contribution is 8.15. The maximum atomic E-state index is 12.5. The molecule has 3 aromatic rings. The van der Waals surface area contributed by atoms with Crippen molar-refractivity contribution in [3.05, 3.63) is 66.7 Å². The van der Waals surface area contributed by atoms with Gasteiger partial charge in [0, 0.05) is 0 Å². The Morgan fingerprint density at radius 2 is 1.67 bits per heavy atom. The van der Waals surface area contributed by atoms with E-state index < -0.39 is 48.8 Å². The number of hydrogen-bond acceptors (Lipinski definition) is 11. The molecule has 0 saturated heterocycles. The topological polar surface area (TPSA) is 169 Å². The summed E-state index contributed by atoms with van der Waals surface area (Å²) in [6.07, 6.45) is -1.33. The van der Waals surface area contributed by atoms with Gasteiger partial charge in [-0.3, -0.25) is 35.1 Å². The quantitative estimate of drug-likeness (QED) is 0.290. The number of thiazole rings is 1. The molecule has 1 unspecified atom stereocenters. The van der Waals surface area contributed by atoms with Crippen molar-refractivity contribution >= 4 is 55.5 Å². The van der Waals surface area contributed by atoms with Crippen LogP contribution in [0, 0.1) is 30.3 Å². The molecule has 0 aliphatic carbocycles. The first-order valence-electron chi connectivity index (χ1n) is 8.02. The number of rotatable bonds is 7. The normalized spacial score (nSPS) is 11.8. The molecule has 0 fully saturated rings. The minimum atomic E-state index is -1.33. The van der Waals surface area contributed by atoms with Crippen molar-refractivity contribution in [2.45, 2.75) is 17.4 Å². The number of nitro benzene ring substituents is 3. The third-order valence-corrected chi connectivity index (χ3v) is 5.86. The summed E-state index contributed by atoms with van der Waals surface area (Å²) in [5.74, 6) is -0.832. The summed E-state index contributed by atoms with van der Waals surface area (Å²) in [6, 6.07) is 8.28. The third kappa shape index (κ3) is 4.33. The summed E-state index contributed by atoms with van der Waals surface area (Å²) >= 11 is 1.98. The molecular weight excluding hydrogens is 440 g/mol. The minimum Gasteiger partial charge on any atom is -0.470 e. The van der Waals surface area contributed by atoms with Crippen molar-refractivity contribution in [2.24, 2.45) is 0 Å². The maximum absolute atomic E-state index is 12.5. The van der Waals surface area contributed by atoms with Crippen molar-refractivity contribution in [1.29, 1.82) is 0 Å². The van der Waals surface area contributed by atoms with Gasteiger partial charge >= 0.3 is 11.4 Å². The third-order valence-electron chi connectivity index (χ3n) is 3.73. The van der Waals surface area contributed by atoms with Crippen LogP contribution in [-0.4, -0.2) is 31.0 Å². The molecule has 0 bridgehead atoms. The van der Waals surface area contributed by atoms with Gasteiger partial charge < -0.3 is 4.74 Å². The van der Waals surface area contributed by atoms with E-state index in [1.54, 1.807) is 12.1 Å². The molecule has 2 aromatic carbocycles. The molecule has 1 aromatic heterocycles. The lowest BCUT2D eigenvalue weighted by molar-refractivity contribution is -0.404. The number of carbonyl (C=O) groups excluding carboxylic acids is 1. The SMILES string of the molecule is CC(Oc1c([N+](=O)[O-])cc([N+](=O)[O-])cc1[N+](=O)[O-])C(=O)Sc1nc2ccccc2s1. The molecule has 0 saturated carbocycles. The highest BCUT2D eigenvalue weighted by atomic mass is 32.2. The molecule has 154 valence electrons. The molecule has 0 aliphatic heterocycles. The summed E-state index contributed by atoms with van der Waals surface area (Å²) in [5.41, 5.74) is -2.13. The van der Waals surface area contributed by atoms with Crippen LogP contribution in [-0.2, 0) is 4.79 Å². The number of fused-ring (bicyclic) bond motifs is 1. The number of nitro groups is 3. The molecule has 3 rings (SSSR count). The van der Waals surface area contributed by atoms with E-state index in [1.165, 1.54) is 18.3 Å². The fourth-order valence-corrected chi connectivity index (χ4v) is 4.28. The molecule has 1 heterocycles. The number of ether oxygens (including phenoxy) is 1. The van der Waals surface area contributed by atoms with Gasteiger partial charge in [0.25, 0.3) is 11.4 Å². The summed E-state index contributed by atoms with van der Waals surface area (Å²) in [5, 5.41) is 32.9. The lowest BCUT2D eigenvalue weighted by atomic mass is 10.2. The van der Waals surface area contributed by atoms with Crippen molar-refractivity contribution in [1.82, 2.24) is 4.98 Å². The van der Waals surface area contributed by atoms with Gasteiger partial charge in [0.05, 0.1) is 37.1 Å². The number of benzene rings is 2. The van der Waals surface area contributed by atoms with Gasteiger partial charge in [0.15, 0.2) is 10.4 Å². The van der Waals surface area contributed by atoms with E-state index in [2.05, 4.69) is 4.98 Å². The molecule has 0 aliphatic rings. The van der Waals surface area contributed by atoms with E-state index in [4.69, 9.17) is 4.74 Å². The van der Waals surface area contributed by atoms with Gasteiger partial charge in [-0.1, -0.05) is 12.1 Å². The average molecular weight is 450 g/mol. The molecule has 1 atom stereocenters. The van der Waals surface area contributed by atoms with Crippen molar-refractivity contribution in [3.63, 3.8) is 0 Å². The molecule has 12 nitrogen and oxygen atoms in total. The Labute approximate surface area is 174 Å². The fourth-order valence-electron chi connectivity index (χ4n) is 2.37. The predicted octanol–water partition coefficient (Wildman–Crippen LogP) is 4.11. The second-order valence-electron chi connectivity index (χ2n) is 5.71. The average Bonchev–Trinajstić information content (AvgIpc) is 3.09. The molecule has 30 heavy (non-hydrogen) atoms. The Hall–Kier alpha value is -3.65. The van der Waals surface area contributed by atoms with E-state index in [-0.39, 0.29) is 0 Å². The van der Waals surface area contributed by atoms with E-state index in [9.17, 15) is 35.1 Å². The molecule has 0 amide bonds. The second-order valence-corrected chi connectivity index (χ2v) is 8.00. The minimum absolute atomic E-state index is 0.407. The van der Waals surface area contributed by atoms with Crippen LogP contribution >= 0.6 is 23.1 Å². The van der Waals surface area contributed by atoms with Gasteiger partial charge in [0.1, 0.15) is 0 Å². The van der Waals surface area contributed by atoms with E-state index in [1.807, 2.05) is 12.1 Å². The van der Waals surface area contributed by atoms with Crippen molar-refractivity contribution in [3.8, 4) is 5.75 Å². The summed E-state index contributed by atoms with van der Waals surface area (Å²) in [4.78, 5) is 47.2. The zero-order valence-corrected chi connectivity index (χ0v) is 16.5. The smallest absolute Gasteiger partial charge is 0.325 e. The van der Waals surface area contributed by atoms with Gasteiger partial charge in [-0.05, 0) is 30.8 Å².